The minimum atomic E-state index is 0.433. The van der Waals surface area contributed by atoms with Crippen molar-refractivity contribution in [1.29, 1.82) is 0 Å². The lowest BCUT2D eigenvalue weighted by Crippen LogP contribution is -2.50. The largest absolute Gasteiger partial charge is 0.339 e. The van der Waals surface area contributed by atoms with Gasteiger partial charge in [-0.15, -0.1) is 0 Å². The molecule has 1 N–H and O–H groups in total. The van der Waals surface area contributed by atoms with Crippen molar-refractivity contribution in [2.45, 2.75) is 44.6 Å². The van der Waals surface area contributed by atoms with Crippen LogP contribution in [-0.2, 0) is 4.79 Å². The van der Waals surface area contributed by atoms with Crippen LogP contribution in [0.3, 0.4) is 0 Å². The van der Waals surface area contributed by atoms with Crippen molar-refractivity contribution in [3.63, 3.8) is 0 Å². The minimum absolute atomic E-state index is 0.433. The van der Waals surface area contributed by atoms with E-state index < -0.39 is 0 Å². The first-order chi connectivity index (χ1) is 7.84. The molecular formula is C13H22N2O. The summed E-state index contributed by atoms with van der Waals surface area (Å²) in [5, 5.41) is 3.25. The van der Waals surface area contributed by atoms with Crippen LogP contribution in [0.4, 0.5) is 0 Å². The van der Waals surface area contributed by atoms with Crippen molar-refractivity contribution in [3.05, 3.63) is 0 Å². The average molecular weight is 222 g/mol. The van der Waals surface area contributed by atoms with E-state index in [1.807, 2.05) is 0 Å². The van der Waals surface area contributed by atoms with Crippen molar-refractivity contribution < 1.29 is 4.79 Å². The fourth-order valence-electron chi connectivity index (χ4n) is 3.62. The molecule has 2 unspecified atom stereocenters. The van der Waals surface area contributed by atoms with Gasteiger partial charge in [0.15, 0.2) is 0 Å². The molecule has 0 radical (unpaired) electrons. The summed E-state index contributed by atoms with van der Waals surface area (Å²) in [5.74, 6) is 1.88. The number of hydrogen-bond donors (Lipinski definition) is 1. The van der Waals surface area contributed by atoms with Gasteiger partial charge in [-0.2, -0.15) is 0 Å². The number of likely N-dealkylation sites (tertiary alicyclic amines) is 1. The zero-order valence-electron chi connectivity index (χ0n) is 9.95. The fraction of sp³-hybridized carbons (Fsp3) is 0.923. The number of carbonyl (C=O) groups excluding carboxylic acids is 1. The van der Waals surface area contributed by atoms with E-state index in [1.165, 1.54) is 32.1 Å². The lowest BCUT2D eigenvalue weighted by atomic mass is 9.90. The van der Waals surface area contributed by atoms with Crippen LogP contribution in [-0.4, -0.2) is 36.5 Å². The zero-order chi connectivity index (χ0) is 11.0. The average Bonchev–Trinajstić information content (AvgIpc) is 2.70. The molecule has 1 saturated carbocycles. The van der Waals surface area contributed by atoms with Gasteiger partial charge in [0.05, 0.1) is 0 Å². The molecule has 0 aromatic carbocycles. The molecule has 2 aliphatic heterocycles. The number of amides is 1. The first kappa shape index (κ1) is 10.6. The zero-order valence-corrected chi connectivity index (χ0v) is 9.95. The SMILES string of the molecule is O=C(CC1CNC1)N1CCCC2CCCC21. The van der Waals surface area contributed by atoms with Crippen LogP contribution < -0.4 is 5.32 Å². The third-order valence-corrected chi connectivity index (χ3v) is 4.64. The summed E-state index contributed by atoms with van der Waals surface area (Å²) in [6, 6.07) is 0.606. The van der Waals surface area contributed by atoms with Gasteiger partial charge in [0.2, 0.25) is 5.91 Å². The Labute approximate surface area is 97.6 Å². The lowest BCUT2D eigenvalue weighted by Gasteiger charge is -2.39. The van der Waals surface area contributed by atoms with Crippen LogP contribution in [0.2, 0.25) is 0 Å². The topological polar surface area (TPSA) is 32.3 Å². The standard InChI is InChI=1S/C13H22N2O/c16-13(7-10-8-14-9-10)15-6-2-4-11-3-1-5-12(11)15/h10-12,14H,1-9H2. The molecule has 2 heterocycles. The Kier molecular flexibility index (Phi) is 2.88. The van der Waals surface area contributed by atoms with Crippen molar-refractivity contribution in [1.82, 2.24) is 10.2 Å². The highest BCUT2D eigenvalue weighted by atomic mass is 16.2. The molecule has 3 aliphatic rings. The summed E-state index contributed by atoms with van der Waals surface area (Å²) in [6.45, 7) is 3.13. The Balaban J connectivity index is 1.61. The van der Waals surface area contributed by atoms with Gasteiger partial charge in [-0.3, -0.25) is 4.79 Å². The van der Waals surface area contributed by atoms with Crippen LogP contribution in [0, 0.1) is 11.8 Å². The third kappa shape index (κ3) is 1.86. The van der Waals surface area contributed by atoms with Gasteiger partial charge < -0.3 is 10.2 Å². The summed E-state index contributed by atoms with van der Waals surface area (Å²) in [4.78, 5) is 14.5. The summed E-state index contributed by atoms with van der Waals surface area (Å²) in [5.41, 5.74) is 0. The summed E-state index contributed by atoms with van der Waals surface area (Å²) < 4.78 is 0. The van der Waals surface area contributed by atoms with E-state index in [4.69, 9.17) is 0 Å². The van der Waals surface area contributed by atoms with Crippen LogP contribution >= 0.6 is 0 Å². The van der Waals surface area contributed by atoms with E-state index in [0.29, 0.717) is 17.9 Å². The maximum Gasteiger partial charge on any atom is 0.223 e. The number of fused-ring (bicyclic) bond motifs is 1. The first-order valence-corrected chi connectivity index (χ1v) is 6.85. The van der Waals surface area contributed by atoms with Gasteiger partial charge in [0.1, 0.15) is 0 Å². The highest BCUT2D eigenvalue weighted by molar-refractivity contribution is 5.77. The molecule has 1 aliphatic carbocycles. The van der Waals surface area contributed by atoms with Crippen molar-refractivity contribution in [2.75, 3.05) is 19.6 Å². The molecule has 2 saturated heterocycles. The van der Waals surface area contributed by atoms with E-state index in [1.54, 1.807) is 0 Å². The summed E-state index contributed by atoms with van der Waals surface area (Å²) >= 11 is 0. The Morgan fingerprint density at radius 2 is 2.00 bits per heavy atom. The first-order valence-electron chi connectivity index (χ1n) is 6.85. The Morgan fingerprint density at radius 1 is 1.19 bits per heavy atom. The molecule has 3 rings (SSSR count). The number of piperidine rings is 1. The van der Waals surface area contributed by atoms with Crippen molar-refractivity contribution in [3.8, 4) is 0 Å². The Morgan fingerprint density at radius 3 is 2.75 bits per heavy atom. The van der Waals surface area contributed by atoms with Gasteiger partial charge >= 0.3 is 0 Å². The predicted octanol–water partition coefficient (Wildman–Crippen LogP) is 1.39. The van der Waals surface area contributed by atoms with Gasteiger partial charge in [0, 0.05) is 19.0 Å². The number of carbonyl (C=O) groups is 1. The van der Waals surface area contributed by atoms with Crippen LogP contribution in [0.5, 0.6) is 0 Å². The molecule has 1 amide bonds. The van der Waals surface area contributed by atoms with E-state index in [-0.39, 0.29) is 0 Å². The maximum atomic E-state index is 12.2. The van der Waals surface area contributed by atoms with Crippen LogP contribution in [0.15, 0.2) is 0 Å². The molecule has 3 heteroatoms. The van der Waals surface area contributed by atoms with Gasteiger partial charge in [-0.1, -0.05) is 6.42 Å². The van der Waals surface area contributed by atoms with Crippen LogP contribution in [0.25, 0.3) is 0 Å². The quantitative estimate of drug-likeness (QED) is 0.765. The number of hydrogen-bond acceptors (Lipinski definition) is 2. The van der Waals surface area contributed by atoms with Gasteiger partial charge in [-0.25, -0.2) is 0 Å². The fourth-order valence-corrected chi connectivity index (χ4v) is 3.62. The number of rotatable bonds is 2. The van der Waals surface area contributed by atoms with Crippen molar-refractivity contribution in [2.24, 2.45) is 11.8 Å². The lowest BCUT2D eigenvalue weighted by molar-refractivity contribution is -0.137. The number of nitrogens with zero attached hydrogens (tertiary/aromatic N) is 1. The third-order valence-electron chi connectivity index (χ3n) is 4.64. The second-order valence-corrected chi connectivity index (χ2v) is 5.72. The van der Waals surface area contributed by atoms with Crippen LogP contribution in [0.1, 0.15) is 38.5 Å². The number of nitrogens with one attached hydrogen (secondary N) is 1. The normalized spacial score (nSPS) is 34.6. The maximum absolute atomic E-state index is 12.2. The molecule has 0 spiro atoms. The molecule has 2 atom stereocenters. The predicted molar refractivity (Wildman–Crippen MR) is 63.1 cm³/mol. The molecule has 16 heavy (non-hydrogen) atoms. The van der Waals surface area contributed by atoms with E-state index in [9.17, 15) is 4.79 Å². The molecule has 0 bridgehead atoms. The highest BCUT2D eigenvalue weighted by Crippen LogP contribution is 2.37. The van der Waals surface area contributed by atoms with Gasteiger partial charge in [-0.05, 0) is 50.6 Å². The molecule has 90 valence electrons. The smallest absolute Gasteiger partial charge is 0.223 e. The highest BCUT2D eigenvalue weighted by Gasteiger charge is 2.37. The summed E-state index contributed by atoms with van der Waals surface area (Å²) in [7, 11) is 0. The summed E-state index contributed by atoms with van der Waals surface area (Å²) in [6.07, 6.45) is 7.34. The minimum Gasteiger partial charge on any atom is -0.339 e. The molecule has 0 aromatic heterocycles. The van der Waals surface area contributed by atoms with Gasteiger partial charge in [0.25, 0.3) is 0 Å². The molecule has 3 nitrogen and oxygen atoms in total. The second-order valence-electron chi connectivity index (χ2n) is 5.72. The molecule has 0 aromatic rings. The Bertz CT molecular complexity index is 275. The van der Waals surface area contributed by atoms with E-state index in [0.717, 1.165) is 32.0 Å². The van der Waals surface area contributed by atoms with E-state index >= 15 is 0 Å². The second kappa shape index (κ2) is 4.36. The molecule has 3 fully saturated rings. The van der Waals surface area contributed by atoms with Crippen molar-refractivity contribution >= 4 is 5.91 Å². The monoisotopic (exact) mass is 222 g/mol. The molecular weight excluding hydrogens is 200 g/mol. The van der Waals surface area contributed by atoms with E-state index in [2.05, 4.69) is 10.2 Å². The Hall–Kier alpha value is -0.570.